The Balaban J connectivity index is 1.54. The first-order chi connectivity index (χ1) is 14.5. The van der Waals surface area contributed by atoms with Crippen LogP contribution in [0.4, 0.5) is 0 Å². The number of carbonyl (C=O) groups excluding carboxylic acids is 2. The molecule has 0 atom stereocenters. The summed E-state index contributed by atoms with van der Waals surface area (Å²) >= 11 is 0. The van der Waals surface area contributed by atoms with Gasteiger partial charge in [0.15, 0.2) is 6.61 Å². The number of hydrazone groups is 1. The van der Waals surface area contributed by atoms with Gasteiger partial charge in [-0.3, -0.25) is 4.79 Å². The standard InChI is InChI=1S/C23H22N2O5/c1-3-28-23(27)18-6-4-5-17(13-18)21-12-11-20(30-21)14-24-25-22(26)15-29-19-9-7-16(2)8-10-19/h4-14H,3,15H2,1-2H3,(H,25,26)/b24-14-. The molecule has 154 valence electrons. The molecular formula is C23H22N2O5. The molecule has 0 radical (unpaired) electrons. The average Bonchev–Trinajstić information content (AvgIpc) is 3.23. The fourth-order valence-corrected chi connectivity index (χ4v) is 2.57. The van der Waals surface area contributed by atoms with Crippen molar-refractivity contribution in [2.45, 2.75) is 13.8 Å². The Morgan fingerprint density at radius 3 is 2.67 bits per heavy atom. The van der Waals surface area contributed by atoms with Gasteiger partial charge in [0.25, 0.3) is 5.91 Å². The molecule has 30 heavy (non-hydrogen) atoms. The van der Waals surface area contributed by atoms with Gasteiger partial charge in [-0.05, 0) is 50.2 Å². The highest BCUT2D eigenvalue weighted by Crippen LogP contribution is 2.23. The van der Waals surface area contributed by atoms with Gasteiger partial charge >= 0.3 is 5.97 Å². The van der Waals surface area contributed by atoms with Crippen molar-refractivity contribution in [3.8, 4) is 17.1 Å². The van der Waals surface area contributed by atoms with Gasteiger partial charge in [-0.25, -0.2) is 10.2 Å². The van der Waals surface area contributed by atoms with Crippen LogP contribution in [0.3, 0.4) is 0 Å². The minimum Gasteiger partial charge on any atom is -0.484 e. The van der Waals surface area contributed by atoms with Crippen molar-refractivity contribution < 1.29 is 23.5 Å². The number of nitrogens with zero attached hydrogens (tertiary/aromatic N) is 1. The largest absolute Gasteiger partial charge is 0.484 e. The summed E-state index contributed by atoms with van der Waals surface area (Å²) in [4.78, 5) is 23.7. The third-order valence-electron chi connectivity index (χ3n) is 4.06. The molecule has 2 aromatic carbocycles. The molecule has 0 aliphatic heterocycles. The third kappa shape index (κ3) is 5.81. The summed E-state index contributed by atoms with van der Waals surface area (Å²) in [6.07, 6.45) is 1.39. The highest BCUT2D eigenvalue weighted by atomic mass is 16.5. The lowest BCUT2D eigenvalue weighted by Gasteiger charge is -2.04. The molecule has 0 unspecified atom stereocenters. The van der Waals surface area contributed by atoms with E-state index in [4.69, 9.17) is 13.9 Å². The van der Waals surface area contributed by atoms with Crippen molar-refractivity contribution in [3.63, 3.8) is 0 Å². The van der Waals surface area contributed by atoms with Gasteiger partial charge in [-0.2, -0.15) is 5.10 Å². The number of ether oxygens (including phenoxy) is 2. The number of hydrogen-bond acceptors (Lipinski definition) is 6. The summed E-state index contributed by atoms with van der Waals surface area (Å²) in [5, 5.41) is 3.87. The molecule has 0 fully saturated rings. The summed E-state index contributed by atoms with van der Waals surface area (Å²) in [7, 11) is 0. The number of rotatable bonds is 8. The second-order valence-electron chi connectivity index (χ2n) is 6.40. The summed E-state index contributed by atoms with van der Waals surface area (Å²) in [6, 6.07) is 17.8. The maximum Gasteiger partial charge on any atom is 0.338 e. The number of carbonyl (C=O) groups is 2. The summed E-state index contributed by atoms with van der Waals surface area (Å²) in [5.41, 5.74) is 4.68. The Hall–Kier alpha value is -3.87. The average molecular weight is 406 g/mol. The molecule has 0 aliphatic carbocycles. The molecule has 1 amide bonds. The van der Waals surface area contributed by atoms with Crippen LogP contribution in [-0.4, -0.2) is 31.3 Å². The Bertz CT molecular complexity index is 1040. The fourth-order valence-electron chi connectivity index (χ4n) is 2.57. The van der Waals surface area contributed by atoms with Crippen LogP contribution in [0.5, 0.6) is 5.75 Å². The molecule has 0 bridgehead atoms. The topological polar surface area (TPSA) is 90.1 Å². The van der Waals surface area contributed by atoms with Crippen LogP contribution < -0.4 is 10.2 Å². The predicted octanol–water partition coefficient (Wildman–Crippen LogP) is 3.96. The third-order valence-corrected chi connectivity index (χ3v) is 4.06. The summed E-state index contributed by atoms with van der Waals surface area (Å²) in [5.74, 6) is 0.854. The maximum absolute atomic E-state index is 11.9. The van der Waals surface area contributed by atoms with E-state index in [9.17, 15) is 9.59 Å². The fraction of sp³-hybridized carbons (Fsp3) is 0.174. The SMILES string of the molecule is CCOC(=O)c1cccc(-c2ccc(/C=N\NC(=O)COc3ccc(C)cc3)o2)c1. The Morgan fingerprint density at radius 2 is 1.90 bits per heavy atom. The van der Waals surface area contributed by atoms with Crippen molar-refractivity contribution in [3.05, 3.63) is 77.6 Å². The van der Waals surface area contributed by atoms with E-state index >= 15 is 0 Å². The predicted molar refractivity (Wildman–Crippen MR) is 113 cm³/mol. The van der Waals surface area contributed by atoms with E-state index in [0.717, 1.165) is 11.1 Å². The van der Waals surface area contributed by atoms with Crippen LogP contribution in [0.15, 0.2) is 70.2 Å². The molecule has 3 aromatic rings. The Morgan fingerprint density at radius 1 is 1.10 bits per heavy atom. The molecule has 1 heterocycles. The molecule has 0 saturated carbocycles. The number of hydrogen-bond donors (Lipinski definition) is 1. The normalized spacial score (nSPS) is 10.7. The lowest BCUT2D eigenvalue weighted by atomic mass is 10.1. The highest BCUT2D eigenvalue weighted by molar-refractivity contribution is 5.91. The van der Waals surface area contributed by atoms with Crippen molar-refractivity contribution in [2.75, 3.05) is 13.2 Å². The van der Waals surface area contributed by atoms with Crippen LogP contribution in [0.2, 0.25) is 0 Å². The zero-order chi connectivity index (χ0) is 21.3. The van der Waals surface area contributed by atoms with E-state index < -0.39 is 0 Å². The molecule has 1 aromatic heterocycles. The van der Waals surface area contributed by atoms with E-state index in [1.165, 1.54) is 6.21 Å². The molecule has 7 heteroatoms. The van der Waals surface area contributed by atoms with Crippen molar-refractivity contribution in [1.82, 2.24) is 5.43 Å². The molecule has 3 rings (SSSR count). The lowest BCUT2D eigenvalue weighted by Crippen LogP contribution is -2.24. The highest BCUT2D eigenvalue weighted by Gasteiger charge is 2.10. The van der Waals surface area contributed by atoms with Gasteiger partial charge in [0.1, 0.15) is 17.3 Å². The number of benzene rings is 2. The van der Waals surface area contributed by atoms with E-state index in [1.807, 2.05) is 25.1 Å². The van der Waals surface area contributed by atoms with Gasteiger partial charge in [-0.15, -0.1) is 0 Å². The first-order valence-electron chi connectivity index (χ1n) is 9.44. The molecular weight excluding hydrogens is 384 g/mol. The van der Waals surface area contributed by atoms with E-state index in [-0.39, 0.29) is 18.5 Å². The van der Waals surface area contributed by atoms with Crippen molar-refractivity contribution in [2.24, 2.45) is 5.10 Å². The lowest BCUT2D eigenvalue weighted by molar-refractivity contribution is -0.123. The van der Waals surface area contributed by atoms with Gasteiger partial charge < -0.3 is 13.9 Å². The van der Waals surface area contributed by atoms with Crippen LogP contribution in [-0.2, 0) is 9.53 Å². The van der Waals surface area contributed by atoms with Gasteiger partial charge in [-0.1, -0.05) is 29.8 Å². The van der Waals surface area contributed by atoms with Crippen LogP contribution in [0, 0.1) is 6.92 Å². The van der Waals surface area contributed by atoms with Gasteiger partial charge in [0.2, 0.25) is 0 Å². The monoisotopic (exact) mass is 406 g/mol. The first-order valence-corrected chi connectivity index (χ1v) is 9.44. The molecule has 0 aliphatic rings. The van der Waals surface area contributed by atoms with Gasteiger partial charge in [0, 0.05) is 5.56 Å². The van der Waals surface area contributed by atoms with E-state index in [2.05, 4.69) is 10.5 Å². The first kappa shape index (κ1) is 20.9. The van der Waals surface area contributed by atoms with Crippen LogP contribution in [0.1, 0.15) is 28.6 Å². The molecule has 7 nitrogen and oxygen atoms in total. The quantitative estimate of drug-likeness (QED) is 0.347. The number of amides is 1. The molecule has 0 spiro atoms. The number of aryl methyl sites for hydroxylation is 1. The smallest absolute Gasteiger partial charge is 0.338 e. The number of furan rings is 1. The molecule has 1 N–H and O–H groups in total. The Kier molecular flexibility index (Phi) is 7.00. The summed E-state index contributed by atoms with van der Waals surface area (Å²) < 4.78 is 16.1. The second kappa shape index (κ2) is 10.1. The zero-order valence-corrected chi connectivity index (χ0v) is 16.8. The van der Waals surface area contributed by atoms with Crippen LogP contribution >= 0.6 is 0 Å². The van der Waals surface area contributed by atoms with Crippen molar-refractivity contribution >= 4 is 18.1 Å². The Labute approximate surface area is 174 Å². The minimum absolute atomic E-state index is 0.148. The number of nitrogens with one attached hydrogen (secondary N) is 1. The van der Waals surface area contributed by atoms with Gasteiger partial charge in [0.05, 0.1) is 18.4 Å². The van der Waals surface area contributed by atoms with E-state index in [0.29, 0.717) is 29.4 Å². The number of esters is 1. The zero-order valence-electron chi connectivity index (χ0n) is 16.8. The van der Waals surface area contributed by atoms with E-state index in [1.54, 1.807) is 49.4 Å². The van der Waals surface area contributed by atoms with Crippen LogP contribution in [0.25, 0.3) is 11.3 Å². The van der Waals surface area contributed by atoms with Crippen molar-refractivity contribution in [1.29, 1.82) is 0 Å². The molecule has 0 saturated heterocycles. The second-order valence-corrected chi connectivity index (χ2v) is 6.40. The summed E-state index contributed by atoms with van der Waals surface area (Å²) in [6.45, 7) is 3.90. The maximum atomic E-state index is 11.9. The minimum atomic E-state index is -0.388.